The molecule has 0 aliphatic carbocycles. The van der Waals surface area contributed by atoms with Crippen molar-refractivity contribution >= 4 is 53.5 Å². The van der Waals surface area contributed by atoms with Crippen LogP contribution >= 0.6 is 43.5 Å². The topological polar surface area (TPSA) is 46.6 Å². The van der Waals surface area contributed by atoms with Crippen LogP contribution in [0.4, 0.5) is 0 Å². The number of alkyl halides is 1. The lowest BCUT2D eigenvalue weighted by molar-refractivity contribution is 0.192. The Morgan fingerprint density at radius 1 is 1.42 bits per heavy atom. The Morgan fingerprint density at radius 3 is 2.63 bits per heavy atom. The van der Waals surface area contributed by atoms with Crippen LogP contribution in [0.15, 0.2) is 32.0 Å². The van der Waals surface area contributed by atoms with Gasteiger partial charge in [0.1, 0.15) is 0 Å². The Labute approximate surface area is 135 Å². The average molecular weight is 436 g/mol. The van der Waals surface area contributed by atoms with Gasteiger partial charge in [0.05, 0.1) is 16.9 Å². The molecule has 1 aromatic rings. The smallest absolute Gasteiger partial charge is 0.244 e. The van der Waals surface area contributed by atoms with E-state index in [9.17, 15) is 8.42 Å². The Morgan fingerprint density at radius 2 is 2.05 bits per heavy atom. The van der Waals surface area contributed by atoms with Crippen LogP contribution in [0, 0.1) is 0 Å². The van der Waals surface area contributed by atoms with E-state index >= 15 is 0 Å². The van der Waals surface area contributed by atoms with Crippen molar-refractivity contribution in [1.29, 1.82) is 0 Å². The third kappa shape index (κ3) is 4.68. The van der Waals surface area contributed by atoms with Gasteiger partial charge in [0.25, 0.3) is 0 Å². The highest BCUT2D eigenvalue weighted by Crippen LogP contribution is 2.28. The number of benzene rings is 1. The number of nitrogens with zero attached hydrogens (tertiary/aromatic N) is 1. The summed E-state index contributed by atoms with van der Waals surface area (Å²) < 4.78 is 32.2. The molecule has 8 heteroatoms. The molecule has 0 saturated heterocycles. The summed E-state index contributed by atoms with van der Waals surface area (Å²) in [6.45, 7) is 0.470. The van der Waals surface area contributed by atoms with Crippen LogP contribution < -0.4 is 0 Å². The molecule has 1 atom stereocenters. The minimum absolute atomic E-state index is 0.177. The fourth-order valence-corrected chi connectivity index (χ4v) is 4.54. The van der Waals surface area contributed by atoms with Crippen molar-refractivity contribution in [2.45, 2.75) is 10.3 Å². The van der Waals surface area contributed by atoms with Crippen molar-refractivity contribution in [3.63, 3.8) is 0 Å². The number of methoxy groups -OCH3 is 1. The maximum Gasteiger partial charge on any atom is 0.244 e. The number of hydrogen-bond donors (Lipinski definition) is 0. The van der Waals surface area contributed by atoms with Crippen LogP contribution in [0.2, 0.25) is 0 Å². The number of sulfonamides is 1. The maximum absolute atomic E-state index is 12.4. The highest BCUT2D eigenvalue weighted by molar-refractivity contribution is 9.11. The molecule has 0 amide bonds. The van der Waals surface area contributed by atoms with Gasteiger partial charge < -0.3 is 4.74 Å². The monoisotopic (exact) mass is 433 g/mol. The predicted molar refractivity (Wildman–Crippen MR) is 83.2 cm³/mol. The molecule has 1 unspecified atom stereocenters. The van der Waals surface area contributed by atoms with Crippen molar-refractivity contribution in [3.05, 3.63) is 27.1 Å². The van der Waals surface area contributed by atoms with Crippen LogP contribution in [-0.4, -0.2) is 45.4 Å². The first-order chi connectivity index (χ1) is 8.78. The third-order valence-corrected chi connectivity index (χ3v) is 5.96. The number of ether oxygens (including phenoxy) is 1. The van der Waals surface area contributed by atoms with E-state index in [1.54, 1.807) is 18.2 Å². The summed E-state index contributed by atoms with van der Waals surface area (Å²) in [5.41, 5.74) is 0. The van der Waals surface area contributed by atoms with E-state index in [0.717, 1.165) is 0 Å². The molecular formula is C11H14Br2ClNO3S. The standard InChI is InChI=1S/C11H14Br2ClNO3S/c1-15(6-9(14)7-18-2)19(16,17)11-5-8(12)3-4-10(11)13/h3-5,9H,6-7H2,1-2H3. The van der Waals surface area contributed by atoms with Crippen molar-refractivity contribution in [2.24, 2.45) is 0 Å². The van der Waals surface area contributed by atoms with Crippen LogP contribution in [-0.2, 0) is 14.8 Å². The molecular weight excluding hydrogens is 421 g/mol. The summed E-state index contributed by atoms with van der Waals surface area (Å²) in [5, 5.41) is -0.393. The van der Waals surface area contributed by atoms with E-state index in [2.05, 4.69) is 31.9 Å². The first kappa shape index (κ1) is 17.4. The molecule has 1 rings (SSSR count). The van der Waals surface area contributed by atoms with Gasteiger partial charge in [0.2, 0.25) is 10.0 Å². The average Bonchev–Trinajstić information content (AvgIpc) is 2.32. The molecule has 0 fully saturated rings. The fourth-order valence-electron chi connectivity index (χ4n) is 1.45. The summed E-state index contributed by atoms with van der Waals surface area (Å²) in [5.74, 6) is 0. The summed E-state index contributed by atoms with van der Waals surface area (Å²) in [4.78, 5) is 0.200. The maximum atomic E-state index is 12.4. The Bertz CT molecular complexity index is 539. The normalized spacial score (nSPS) is 13.8. The molecule has 19 heavy (non-hydrogen) atoms. The minimum atomic E-state index is -3.59. The zero-order valence-corrected chi connectivity index (χ0v) is 15.2. The lowest BCUT2D eigenvalue weighted by Gasteiger charge is -2.20. The molecule has 0 aliphatic heterocycles. The van der Waals surface area contributed by atoms with E-state index in [-0.39, 0.29) is 11.4 Å². The molecule has 108 valence electrons. The van der Waals surface area contributed by atoms with E-state index in [0.29, 0.717) is 15.6 Å². The van der Waals surface area contributed by atoms with Gasteiger partial charge in [0, 0.05) is 29.6 Å². The molecule has 0 aliphatic rings. The molecule has 0 saturated carbocycles. The first-order valence-corrected chi connectivity index (χ1v) is 8.79. The summed E-state index contributed by atoms with van der Waals surface area (Å²) in [7, 11) is -0.573. The Balaban J connectivity index is 3.00. The minimum Gasteiger partial charge on any atom is -0.383 e. The molecule has 0 radical (unpaired) electrons. The lowest BCUT2D eigenvalue weighted by Crippen LogP contribution is -2.34. The quantitative estimate of drug-likeness (QED) is 0.645. The molecule has 4 nitrogen and oxygen atoms in total. The highest BCUT2D eigenvalue weighted by Gasteiger charge is 2.25. The van der Waals surface area contributed by atoms with Gasteiger partial charge in [-0.3, -0.25) is 0 Å². The fraction of sp³-hybridized carbons (Fsp3) is 0.455. The van der Waals surface area contributed by atoms with E-state index in [1.807, 2.05) is 0 Å². The van der Waals surface area contributed by atoms with Gasteiger partial charge >= 0.3 is 0 Å². The molecule has 0 heterocycles. The Kier molecular flexibility index (Phi) is 6.75. The lowest BCUT2D eigenvalue weighted by atomic mass is 10.4. The second kappa shape index (κ2) is 7.38. The SMILES string of the molecule is COCC(Cl)CN(C)S(=O)(=O)c1cc(Br)ccc1Br. The van der Waals surface area contributed by atoms with Gasteiger partial charge in [-0.25, -0.2) is 8.42 Å². The zero-order chi connectivity index (χ0) is 14.6. The summed E-state index contributed by atoms with van der Waals surface area (Å²) in [6, 6.07) is 4.99. The summed E-state index contributed by atoms with van der Waals surface area (Å²) in [6.07, 6.45) is 0. The van der Waals surface area contributed by atoms with E-state index < -0.39 is 15.4 Å². The largest absolute Gasteiger partial charge is 0.383 e. The van der Waals surface area contributed by atoms with Crippen LogP contribution in [0.5, 0.6) is 0 Å². The second-order valence-corrected chi connectivity index (χ2v) is 8.31. The van der Waals surface area contributed by atoms with Gasteiger partial charge in [-0.2, -0.15) is 4.31 Å². The van der Waals surface area contributed by atoms with Gasteiger partial charge in [-0.05, 0) is 34.1 Å². The Hall–Kier alpha value is 0.340. The van der Waals surface area contributed by atoms with E-state index in [1.165, 1.54) is 18.5 Å². The predicted octanol–water partition coefficient (Wildman–Crippen LogP) is 3.09. The summed E-state index contributed by atoms with van der Waals surface area (Å²) >= 11 is 12.5. The molecule has 0 aromatic heterocycles. The number of rotatable bonds is 6. The van der Waals surface area contributed by atoms with Crippen LogP contribution in [0.3, 0.4) is 0 Å². The third-order valence-electron chi connectivity index (χ3n) is 2.38. The molecule has 0 spiro atoms. The van der Waals surface area contributed by atoms with Crippen molar-refractivity contribution in [1.82, 2.24) is 4.31 Å². The molecule has 1 aromatic carbocycles. The van der Waals surface area contributed by atoms with Crippen molar-refractivity contribution < 1.29 is 13.2 Å². The van der Waals surface area contributed by atoms with Gasteiger partial charge in [0.15, 0.2) is 0 Å². The zero-order valence-electron chi connectivity index (χ0n) is 10.4. The van der Waals surface area contributed by atoms with E-state index in [4.69, 9.17) is 16.3 Å². The molecule has 0 N–H and O–H groups in total. The highest BCUT2D eigenvalue weighted by atomic mass is 79.9. The second-order valence-electron chi connectivity index (χ2n) is 3.91. The van der Waals surface area contributed by atoms with Crippen LogP contribution in [0.25, 0.3) is 0 Å². The number of halogens is 3. The van der Waals surface area contributed by atoms with Crippen LogP contribution in [0.1, 0.15) is 0 Å². The molecule has 0 bridgehead atoms. The van der Waals surface area contributed by atoms with Gasteiger partial charge in [-0.15, -0.1) is 11.6 Å². The first-order valence-electron chi connectivity index (χ1n) is 5.33. The van der Waals surface area contributed by atoms with Crippen molar-refractivity contribution in [2.75, 3.05) is 27.3 Å². The number of hydrogen-bond acceptors (Lipinski definition) is 3. The van der Waals surface area contributed by atoms with Gasteiger partial charge in [-0.1, -0.05) is 15.9 Å². The van der Waals surface area contributed by atoms with Crippen molar-refractivity contribution in [3.8, 4) is 0 Å².